The Morgan fingerprint density at radius 3 is 2.35 bits per heavy atom. The molecule has 0 saturated heterocycles. The average Bonchev–Trinajstić information content (AvgIpc) is 2.91. The van der Waals surface area contributed by atoms with E-state index < -0.39 is 17.8 Å². The van der Waals surface area contributed by atoms with Gasteiger partial charge >= 0.3 is 17.8 Å². The van der Waals surface area contributed by atoms with Crippen molar-refractivity contribution in [3.05, 3.63) is 101 Å². The van der Waals surface area contributed by atoms with E-state index in [4.69, 9.17) is 21.1 Å². The van der Waals surface area contributed by atoms with Crippen molar-refractivity contribution in [3.8, 4) is 11.5 Å². The zero-order valence-electron chi connectivity index (χ0n) is 19.7. The van der Waals surface area contributed by atoms with Crippen LogP contribution in [0.4, 0.5) is 5.69 Å². The number of carbonyl (C=O) groups is 3. The molecule has 0 aliphatic rings. The number of carbonyl (C=O) groups excluding carboxylic acids is 3. The first-order chi connectivity index (χ1) is 17.9. The average molecular weight is 516 g/mol. The van der Waals surface area contributed by atoms with Crippen molar-refractivity contribution >= 4 is 52.1 Å². The van der Waals surface area contributed by atoms with Gasteiger partial charge in [0.15, 0.2) is 0 Å². The number of nitrogens with one attached hydrogen (secondary N) is 2. The van der Waals surface area contributed by atoms with E-state index in [-0.39, 0.29) is 5.75 Å². The Bertz CT molecular complexity index is 1470. The molecule has 0 unspecified atom stereocenters. The number of anilines is 1. The first-order valence-electron chi connectivity index (χ1n) is 11.3. The third-order valence-electron chi connectivity index (χ3n) is 5.20. The fraction of sp³-hybridized carbons (Fsp3) is 0.0714. The van der Waals surface area contributed by atoms with Crippen molar-refractivity contribution in [2.24, 2.45) is 5.10 Å². The van der Waals surface area contributed by atoms with Gasteiger partial charge in [0.25, 0.3) is 0 Å². The molecule has 186 valence electrons. The first kappa shape index (κ1) is 25.4. The highest BCUT2D eigenvalue weighted by molar-refractivity contribution is 6.39. The minimum Gasteiger partial charge on any atom is -0.494 e. The summed E-state index contributed by atoms with van der Waals surface area (Å²) in [6.45, 7) is 2.39. The minimum atomic E-state index is -0.973. The molecule has 0 radical (unpaired) electrons. The highest BCUT2D eigenvalue weighted by Gasteiger charge is 2.15. The van der Waals surface area contributed by atoms with Crippen molar-refractivity contribution in [3.63, 3.8) is 0 Å². The summed E-state index contributed by atoms with van der Waals surface area (Å²) in [6.07, 6.45) is 1.33. The van der Waals surface area contributed by atoms with Crippen molar-refractivity contribution in [1.82, 2.24) is 5.43 Å². The van der Waals surface area contributed by atoms with Crippen molar-refractivity contribution in [2.45, 2.75) is 6.92 Å². The van der Waals surface area contributed by atoms with Gasteiger partial charge in [0.2, 0.25) is 0 Å². The highest BCUT2D eigenvalue weighted by atomic mass is 35.5. The molecule has 0 aliphatic carbocycles. The number of fused-ring (bicyclic) bond motifs is 1. The van der Waals surface area contributed by atoms with E-state index in [0.29, 0.717) is 34.2 Å². The van der Waals surface area contributed by atoms with Crippen LogP contribution in [0.3, 0.4) is 0 Å². The van der Waals surface area contributed by atoms with Crippen LogP contribution in [0, 0.1) is 0 Å². The van der Waals surface area contributed by atoms with Gasteiger partial charge < -0.3 is 14.8 Å². The zero-order chi connectivity index (χ0) is 26.2. The minimum absolute atomic E-state index is 0.237. The highest BCUT2D eigenvalue weighted by Crippen LogP contribution is 2.27. The van der Waals surface area contributed by atoms with E-state index in [0.717, 1.165) is 10.8 Å². The largest absolute Gasteiger partial charge is 0.494 e. The molecule has 0 bridgehead atoms. The second-order valence-electron chi connectivity index (χ2n) is 7.71. The molecule has 9 heteroatoms. The molecule has 0 saturated carbocycles. The van der Waals surface area contributed by atoms with Crippen LogP contribution in [0.15, 0.2) is 90.0 Å². The van der Waals surface area contributed by atoms with Crippen molar-refractivity contribution < 1.29 is 23.9 Å². The quantitative estimate of drug-likeness (QED) is 0.116. The molecule has 4 rings (SSSR count). The molecule has 4 aromatic rings. The van der Waals surface area contributed by atoms with Crippen molar-refractivity contribution in [1.29, 1.82) is 0 Å². The molecule has 0 spiro atoms. The molecule has 2 amide bonds. The number of ether oxygens (including phenoxy) is 2. The number of hydrazone groups is 1. The molecular formula is C28H22ClN3O5. The SMILES string of the molecule is CCOc1ccc(C(=O)Oc2ccc3ccccc3c2C=NNC(=O)C(=O)Nc2ccc(Cl)cc2)cc1. The van der Waals surface area contributed by atoms with Crippen LogP contribution < -0.4 is 20.2 Å². The second kappa shape index (κ2) is 11.8. The summed E-state index contributed by atoms with van der Waals surface area (Å²) in [7, 11) is 0. The van der Waals surface area contributed by atoms with E-state index >= 15 is 0 Å². The lowest BCUT2D eigenvalue weighted by Gasteiger charge is -2.11. The Kier molecular flexibility index (Phi) is 8.12. The molecule has 4 aromatic carbocycles. The third kappa shape index (κ3) is 6.50. The van der Waals surface area contributed by atoms with Gasteiger partial charge in [0.1, 0.15) is 11.5 Å². The maximum Gasteiger partial charge on any atom is 0.343 e. The summed E-state index contributed by atoms with van der Waals surface area (Å²) in [5.74, 6) is -1.56. The Balaban J connectivity index is 1.51. The van der Waals surface area contributed by atoms with E-state index in [1.807, 2.05) is 37.3 Å². The molecule has 37 heavy (non-hydrogen) atoms. The predicted molar refractivity (Wildman–Crippen MR) is 142 cm³/mol. The summed E-state index contributed by atoms with van der Waals surface area (Å²) in [6, 6.07) is 23.8. The van der Waals surface area contributed by atoms with E-state index in [2.05, 4.69) is 15.8 Å². The van der Waals surface area contributed by atoms with Crippen LogP contribution in [0.1, 0.15) is 22.8 Å². The number of hydrogen-bond acceptors (Lipinski definition) is 6. The summed E-state index contributed by atoms with van der Waals surface area (Å²) in [4.78, 5) is 37.2. The van der Waals surface area contributed by atoms with Crippen LogP contribution in [0.5, 0.6) is 11.5 Å². The lowest BCUT2D eigenvalue weighted by Crippen LogP contribution is -2.32. The fourth-order valence-corrected chi connectivity index (χ4v) is 3.56. The van der Waals surface area contributed by atoms with E-state index in [1.165, 1.54) is 6.21 Å². The molecule has 2 N–H and O–H groups in total. The molecule has 0 atom stereocenters. The van der Waals surface area contributed by atoms with Gasteiger partial charge in [-0.05, 0) is 72.3 Å². The van der Waals surface area contributed by atoms with Crippen LogP contribution in [0.25, 0.3) is 10.8 Å². The molecular weight excluding hydrogens is 494 g/mol. The summed E-state index contributed by atoms with van der Waals surface area (Å²) < 4.78 is 11.1. The van der Waals surface area contributed by atoms with Gasteiger partial charge in [-0.2, -0.15) is 5.10 Å². The Morgan fingerprint density at radius 2 is 1.62 bits per heavy atom. The molecule has 0 heterocycles. The fourth-order valence-electron chi connectivity index (χ4n) is 3.44. The maximum atomic E-state index is 12.8. The monoisotopic (exact) mass is 515 g/mol. The maximum absolute atomic E-state index is 12.8. The van der Waals surface area contributed by atoms with Crippen LogP contribution in [-0.4, -0.2) is 30.6 Å². The standard InChI is InChI=1S/C28H22ClN3O5/c1-2-36-22-14-7-19(8-15-22)28(35)37-25-16-9-18-5-3-4-6-23(18)24(25)17-30-32-27(34)26(33)31-21-12-10-20(29)11-13-21/h3-17H,2H2,1H3,(H,31,33)(H,32,34). The lowest BCUT2D eigenvalue weighted by atomic mass is 10.0. The number of amides is 2. The molecule has 0 aliphatic heterocycles. The molecule has 0 fully saturated rings. The number of hydrogen-bond donors (Lipinski definition) is 2. The van der Waals surface area contributed by atoms with Crippen molar-refractivity contribution in [2.75, 3.05) is 11.9 Å². The van der Waals surface area contributed by atoms with Gasteiger partial charge in [-0.1, -0.05) is 41.9 Å². The topological polar surface area (TPSA) is 106 Å². The molecule has 8 nitrogen and oxygen atoms in total. The van der Waals surface area contributed by atoms with Crippen LogP contribution in [-0.2, 0) is 9.59 Å². The smallest absolute Gasteiger partial charge is 0.343 e. The molecule has 0 aromatic heterocycles. The van der Waals surface area contributed by atoms with Gasteiger partial charge in [-0.15, -0.1) is 0 Å². The number of rotatable bonds is 7. The Labute approximate surface area is 217 Å². The Hall–Kier alpha value is -4.69. The zero-order valence-corrected chi connectivity index (χ0v) is 20.5. The summed E-state index contributed by atoms with van der Waals surface area (Å²) in [5.41, 5.74) is 3.40. The summed E-state index contributed by atoms with van der Waals surface area (Å²) >= 11 is 5.83. The van der Waals surface area contributed by atoms with E-state index in [9.17, 15) is 14.4 Å². The second-order valence-corrected chi connectivity index (χ2v) is 8.14. The van der Waals surface area contributed by atoms with Gasteiger partial charge in [-0.25, -0.2) is 10.2 Å². The number of esters is 1. The van der Waals surface area contributed by atoms with Crippen LogP contribution >= 0.6 is 11.6 Å². The first-order valence-corrected chi connectivity index (χ1v) is 11.7. The van der Waals surface area contributed by atoms with Gasteiger partial charge in [0.05, 0.1) is 18.4 Å². The number of benzene rings is 4. The normalized spacial score (nSPS) is 10.8. The number of nitrogens with zero attached hydrogens (tertiary/aromatic N) is 1. The summed E-state index contributed by atoms with van der Waals surface area (Å²) in [5, 5.41) is 8.49. The van der Waals surface area contributed by atoms with E-state index in [1.54, 1.807) is 54.6 Å². The lowest BCUT2D eigenvalue weighted by molar-refractivity contribution is -0.136. The van der Waals surface area contributed by atoms with Gasteiger partial charge in [0, 0.05) is 16.3 Å². The predicted octanol–water partition coefficient (Wildman–Crippen LogP) is 5.20. The van der Waals surface area contributed by atoms with Gasteiger partial charge in [-0.3, -0.25) is 9.59 Å². The Morgan fingerprint density at radius 1 is 0.892 bits per heavy atom. The number of halogens is 1. The third-order valence-corrected chi connectivity index (χ3v) is 5.45. The van der Waals surface area contributed by atoms with Crippen LogP contribution in [0.2, 0.25) is 5.02 Å².